The molecule has 0 bridgehead atoms. The molecule has 6 heteroatoms. The van der Waals surface area contributed by atoms with Gasteiger partial charge in [-0.1, -0.05) is 44.0 Å². The Kier molecular flexibility index (Phi) is 6.50. The van der Waals surface area contributed by atoms with E-state index in [0.717, 1.165) is 34.0 Å². The Morgan fingerprint density at radius 3 is 1.67 bits per heavy atom. The first kappa shape index (κ1) is 19.8. The van der Waals surface area contributed by atoms with E-state index < -0.39 is 5.92 Å². The molecule has 3 rings (SSSR count). The van der Waals surface area contributed by atoms with Gasteiger partial charge in [-0.05, 0) is 43.2 Å². The van der Waals surface area contributed by atoms with Gasteiger partial charge in [0.05, 0.1) is 11.4 Å². The van der Waals surface area contributed by atoms with Crippen molar-refractivity contribution in [2.24, 2.45) is 5.92 Å². The van der Waals surface area contributed by atoms with Crippen molar-refractivity contribution in [1.82, 2.24) is 0 Å². The van der Waals surface area contributed by atoms with Crippen LogP contribution in [0.2, 0.25) is 0 Å². The van der Waals surface area contributed by atoms with Crippen LogP contribution in [0.15, 0.2) is 58.3 Å². The zero-order valence-electron chi connectivity index (χ0n) is 15.8. The summed E-state index contributed by atoms with van der Waals surface area (Å²) < 4.78 is 0. The molecule has 0 aliphatic carbocycles. The highest BCUT2D eigenvalue weighted by Crippen LogP contribution is 2.40. The minimum atomic E-state index is -0.616. The number of hydrogen-bond acceptors (Lipinski definition) is 4. The highest BCUT2D eigenvalue weighted by Gasteiger charge is 2.47. The molecule has 1 aliphatic rings. The first-order valence-electron chi connectivity index (χ1n) is 9.07. The maximum absolute atomic E-state index is 13.3. The van der Waals surface area contributed by atoms with Crippen molar-refractivity contribution >= 4 is 46.7 Å². The number of hydrogen-bond donors (Lipinski definition) is 0. The summed E-state index contributed by atoms with van der Waals surface area (Å²) in [6.45, 7) is 2.07. The molecule has 2 aromatic rings. The van der Waals surface area contributed by atoms with Crippen molar-refractivity contribution in [2.75, 3.05) is 22.5 Å². The van der Waals surface area contributed by atoms with Gasteiger partial charge in [0.15, 0.2) is 0 Å². The third-order valence-corrected chi connectivity index (χ3v) is 6.26. The number of carbonyl (C=O) groups excluding carboxylic acids is 2. The van der Waals surface area contributed by atoms with Crippen LogP contribution in [0.1, 0.15) is 26.2 Å². The molecule has 0 atom stereocenters. The molecule has 1 aliphatic heterocycles. The number of rotatable bonds is 7. The van der Waals surface area contributed by atoms with Crippen LogP contribution < -0.4 is 10.0 Å². The van der Waals surface area contributed by atoms with Crippen LogP contribution in [0.25, 0.3) is 0 Å². The zero-order chi connectivity index (χ0) is 19.4. The molecule has 0 saturated carbocycles. The normalized spacial score (nSPS) is 15.1. The molecule has 1 heterocycles. The smallest absolute Gasteiger partial charge is 0.258 e. The fourth-order valence-corrected chi connectivity index (χ4v) is 4.47. The lowest BCUT2D eigenvalue weighted by molar-refractivity contribution is -0.127. The molecular weight excluding hydrogens is 376 g/mol. The number of nitrogens with zero attached hydrogens (tertiary/aromatic N) is 2. The SMILES string of the molecule is CCCCC1C(=O)N(c2ccccc2SC)N(c2ccccc2SC)C1=O. The Hall–Kier alpha value is -1.92. The van der Waals surface area contributed by atoms with Crippen LogP contribution in [0.4, 0.5) is 11.4 Å². The molecule has 1 saturated heterocycles. The monoisotopic (exact) mass is 400 g/mol. The Morgan fingerprint density at radius 1 is 0.815 bits per heavy atom. The van der Waals surface area contributed by atoms with Crippen molar-refractivity contribution < 1.29 is 9.59 Å². The first-order valence-corrected chi connectivity index (χ1v) is 11.5. The molecule has 0 radical (unpaired) electrons. The lowest BCUT2D eigenvalue weighted by Gasteiger charge is -2.30. The predicted molar refractivity (Wildman–Crippen MR) is 114 cm³/mol. The zero-order valence-corrected chi connectivity index (χ0v) is 17.5. The molecule has 4 nitrogen and oxygen atoms in total. The van der Waals surface area contributed by atoms with Gasteiger partial charge in [0.1, 0.15) is 5.92 Å². The van der Waals surface area contributed by atoms with Crippen LogP contribution in [0.5, 0.6) is 0 Å². The van der Waals surface area contributed by atoms with Crippen LogP contribution in [0.3, 0.4) is 0 Å². The standard InChI is InChI=1S/C21H24N2O2S2/c1-4-5-10-15-20(24)22(16-11-6-8-13-18(16)26-2)23(21(15)25)17-12-7-9-14-19(17)27-3/h6-9,11-15H,4-5,10H2,1-3H3. The van der Waals surface area contributed by atoms with E-state index in [4.69, 9.17) is 0 Å². The van der Waals surface area contributed by atoms with Crippen LogP contribution in [-0.4, -0.2) is 24.3 Å². The summed E-state index contributed by atoms with van der Waals surface area (Å²) in [4.78, 5) is 28.6. The van der Waals surface area contributed by atoms with Crippen molar-refractivity contribution in [3.8, 4) is 0 Å². The van der Waals surface area contributed by atoms with Gasteiger partial charge in [-0.2, -0.15) is 0 Å². The van der Waals surface area contributed by atoms with Crippen molar-refractivity contribution in [2.45, 2.75) is 36.0 Å². The molecule has 0 aromatic heterocycles. The number of para-hydroxylation sites is 2. The fraction of sp³-hybridized carbons (Fsp3) is 0.333. The second-order valence-electron chi connectivity index (χ2n) is 6.34. The van der Waals surface area contributed by atoms with E-state index in [-0.39, 0.29) is 11.8 Å². The summed E-state index contributed by atoms with van der Waals surface area (Å²) in [5, 5.41) is 3.17. The minimum Gasteiger partial charge on any atom is -0.272 e. The number of carbonyl (C=O) groups is 2. The topological polar surface area (TPSA) is 40.6 Å². The molecule has 0 N–H and O–H groups in total. The van der Waals surface area contributed by atoms with E-state index in [1.54, 1.807) is 33.5 Å². The Balaban J connectivity index is 2.14. The average molecular weight is 401 g/mol. The van der Waals surface area contributed by atoms with Gasteiger partial charge in [-0.15, -0.1) is 23.5 Å². The summed E-state index contributed by atoms with van der Waals surface area (Å²) in [6, 6.07) is 15.5. The molecule has 2 aromatic carbocycles. The third-order valence-electron chi connectivity index (χ3n) is 4.69. The van der Waals surface area contributed by atoms with Gasteiger partial charge >= 0.3 is 0 Å². The lowest BCUT2D eigenvalue weighted by atomic mass is 10.0. The highest BCUT2D eigenvalue weighted by atomic mass is 32.2. The van der Waals surface area contributed by atoms with Crippen LogP contribution >= 0.6 is 23.5 Å². The second-order valence-corrected chi connectivity index (χ2v) is 8.03. The van der Waals surface area contributed by atoms with Crippen molar-refractivity contribution in [1.29, 1.82) is 0 Å². The molecule has 27 heavy (non-hydrogen) atoms. The van der Waals surface area contributed by atoms with Crippen molar-refractivity contribution in [3.05, 3.63) is 48.5 Å². The van der Waals surface area contributed by atoms with Gasteiger partial charge in [-0.3, -0.25) is 9.59 Å². The van der Waals surface area contributed by atoms with E-state index >= 15 is 0 Å². The predicted octanol–water partition coefficient (Wildman–Crippen LogP) is 5.23. The molecule has 1 fully saturated rings. The van der Waals surface area contributed by atoms with E-state index in [1.165, 1.54) is 0 Å². The maximum atomic E-state index is 13.3. The molecule has 142 valence electrons. The highest BCUT2D eigenvalue weighted by molar-refractivity contribution is 7.99. The second kappa shape index (κ2) is 8.85. The molecular formula is C21H24N2O2S2. The number of hydrazine groups is 1. The summed E-state index contributed by atoms with van der Waals surface area (Å²) in [6.07, 6.45) is 6.37. The van der Waals surface area contributed by atoms with E-state index in [2.05, 4.69) is 6.92 Å². The number of benzene rings is 2. The lowest BCUT2D eigenvalue weighted by Crippen LogP contribution is -2.41. The van der Waals surface area contributed by atoms with Gasteiger partial charge < -0.3 is 0 Å². The Labute approximate surface area is 169 Å². The number of amides is 2. The van der Waals surface area contributed by atoms with E-state index in [9.17, 15) is 9.59 Å². The average Bonchev–Trinajstić information content (AvgIpc) is 2.95. The number of unbranched alkanes of at least 4 members (excludes halogenated alkanes) is 1. The van der Waals surface area contributed by atoms with Gasteiger partial charge in [0.2, 0.25) is 0 Å². The summed E-state index contributed by atoms with van der Waals surface area (Å²) >= 11 is 3.15. The number of anilines is 2. The number of thioether (sulfide) groups is 2. The Bertz CT molecular complexity index is 775. The summed E-state index contributed by atoms with van der Waals surface area (Å²) in [5.41, 5.74) is 1.52. The summed E-state index contributed by atoms with van der Waals surface area (Å²) in [7, 11) is 0. The molecule has 0 unspecified atom stereocenters. The molecule has 0 spiro atoms. The van der Waals surface area contributed by atoms with Crippen molar-refractivity contribution in [3.63, 3.8) is 0 Å². The van der Waals surface area contributed by atoms with E-state index in [1.807, 2.05) is 61.0 Å². The maximum Gasteiger partial charge on any atom is 0.258 e. The largest absolute Gasteiger partial charge is 0.272 e. The first-order chi connectivity index (χ1) is 13.1. The minimum absolute atomic E-state index is 0.133. The van der Waals surface area contributed by atoms with Gasteiger partial charge in [-0.25, -0.2) is 10.0 Å². The fourth-order valence-electron chi connectivity index (χ4n) is 3.32. The van der Waals surface area contributed by atoms with E-state index in [0.29, 0.717) is 6.42 Å². The molecule has 2 amide bonds. The quantitative estimate of drug-likeness (QED) is 0.471. The van der Waals surface area contributed by atoms with Gasteiger partial charge in [0.25, 0.3) is 11.8 Å². The Morgan fingerprint density at radius 2 is 1.26 bits per heavy atom. The third kappa shape index (κ3) is 3.73. The van der Waals surface area contributed by atoms with Crippen LogP contribution in [0, 0.1) is 5.92 Å². The van der Waals surface area contributed by atoms with Crippen LogP contribution in [-0.2, 0) is 9.59 Å². The summed E-state index contributed by atoms with van der Waals surface area (Å²) in [5.74, 6) is -0.883. The van der Waals surface area contributed by atoms with Gasteiger partial charge in [0, 0.05) is 9.79 Å².